The Morgan fingerprint density at radius 3 is 2.68 bits per heavy atom. The number of benzene rings is 1. The number of hydrogen-bond acceptors (Lipinski definition) is 4. The van der Waals surface area contributed by atoms with Gasteiger partial charge in [-0.3, -0.25) is 0 Å². The molecule has 2 heterocycles. The first kappa shape index (κ1) is 30.0. The van der Waals surface area contributed by atoms with E-state index in [0.29, 0.717) is 6.54 Å². The summed E-state index contributed by atoms with van der Waals surface area (Å²) in [4.78, 5) is 2.46. The van der Waals surface area contributed by atoms with Crippen LogP contribution in [0, 0.1) is 6.92 Å². The lowest BCUT2D eigenvalue weighted by Crippen LogP contribution is -2.42. The lowest BCUT2D eigenvalue weighted by molar-refractivity contribution is 0.226. The molecular weight excluding hydrogens is 490 g/mol. The van der Waals surface area contributed by atoms with Crippen LogP contribution in [0.3, 0.4) is 0 Å². The highest BCUT2D eigenvalue weighted by Crippen LogP contribution is 2.38. The molecule has 1 aromatic carbocycles. The molecule has 2 aromatic rings. The number of rotatable bonds is 13. The molecule has 208 valence electrons. The molecule has 1 atom stereocenters. The molecule has 38 heavy (non-hydrogen) atoms. The normalized spacial score (nSPS) is 16.6. The first-order chi connectivity index (χ1) is 18.0. The second-order valence-electron chi connectivity index (χ2n) is 11.5. The number of unbranched alkanes of at least 4 members (excludes halogenated alkanes) is 3. The minimum absolute atomic E-state index is 0.190. The summed E-state index contributed by atoms with van der Waals surface area (Å²) in [6.07, 6.45) is 11.5. The van der Waals surface area contributed by atoms with Gasteiger partial charge in [-0.25, -0.2) is 4.68 Å². The molecule has 0 aliphatic carbocycles. The number of halogens is 1. The molecule has 5 nitrogen and oxygen atoms in total. The van der Waals surface area contributed by atoms with Crippen LogP contribution >= 0.6 is 11.6 Å². The van der Waals surface area contributed by atoms with Gasteiger partial charge < -0.3 is 16.0 Å². The average molecular weight is 538 g/mol. The molecule has 0 amide bonds. The summed E-state index contributed by atoms with van der Waals surface area (Å²) >= 11 is 6.48. The van der Waals surface area contributed by atoms with Gasteiger partial charge in [-0.05, 0) is 89.6 Å². The SMILES string of the molecule is C=C(/C=C(/C)n1nc(C2CCCCN2C(=C)c2cc(Cl)ccc2CCCCCC)cc1C)NCC(C)(C)N. The van der Waals surface area contributed by atoms with Crippen LogP contribution < -0.4 is 11.1 Å². The molecule has 1 aliphatic heterocycles. The lowest BCUT2D eigenvalue weighted by Gasteiger charge is -2.38. The van der Waals surface area contributed by atoms with Crippen molar-refractivity contribution < 1.29 is 0 Å². The number of piperidine rings is 1. The predicted octanol–water partition coefficient (Wildman–Crippen LogP) is 7.87. The van der Waals surface area contributed by atoms with Gasteiger partial charge in [0.05, 0.1) is 11.7 Å². The van der Waals surface area contributed by atoms with Crippen LogP contribution in [-0.2, 0) is 6.42 Å². The predicted molar refractivity (Wildman–Crippen MR) is 164 cm³/mol. The Morgan fingerprint density at radius 1 is 1.21 bits per heavy atom. The number of likely N-dealkylation sites (tertiary alicyclic amines) is 1. The number of nitrogens with one attached hydrogen (secondary N) is 1. The van der Waals surface area contributed by atoms with Gasteiger partial charge in [0, 0.05) is 52.0 Å². The van der Waals surface area contributed by atoms with Gasteiger partial charge in [-0.15, -0.1) is 0 Å². The zero-order valence-electron chi connectivity index (χ0n) is 24.2. The monoisotopic (exact) mass is 537 g/mol. The maximum absolute atomic E-state index is 6.48. The van der Waals surface area contributed by atoms with Crippen molar-refractivity contribution in [3.05, 3.63) is 76.7 Å². The zero-order chi connectivity index (χ0) is 27.9. The molecule has 1 unspecified atom stereocenters. The van der Waals surface area contributed by atoms with E-state index in [-0.39, 0.29) is 11.6 Å². The Bertz CT molecular complexity index is 1140. The molecule has 3 N–H and O–H groups in total. The summed E-state index contributed by atoms with van der Waals surface area (Å²) < 4.78 is 2.02. The fraction of sp³-hybridized carbons (Fsp3) is 0.531. The van der Waals surface area contributed by atoms with Crippen LogP contribution in [-0.4, -0.2) is 33.3 Å². The van der Waals surface area contributed by atoms with Gasteiger partial charge in [-0.2, -0.15) is 5.10 Å². The summed E-state index contributed by atoms with van der Waals surface area (Å²) in [5.41, 5.74) is 13.4. The van der Waals surface area contributed by atoms with Crippen molar-refractivity contribution in [2.24, 2.45) is 5.73 Å². The summed E-state index contributed by atoms with van der Waals surface area (Å²) in [7, 11) is 0. The molecule has 6 heteroatoms. The molecule has 0 spiro atoms. The summed E-state index contributed by atoms with van der Waals surface area (Å²) in [5.74, 6) is 0. The van der Waals surface area contributed by atoms with E-state index in [2.05, 4.69) is 62.3 Å². The second-order valence-corrected chi connectivity index (χ2v) is 12.0. The fourth-order valence-corrected chi connectivity index (χ4v) is 5.39. The van der Waals surface area contributed by atoms with Crippen LogP contribution in [0.5, 0.6) is 0 Å². The van der Waals surface area contributed by atoms with Crippen molar-refractivity contribution in [1.82, 2.24) is 20.0 Å². The number of aryl methyl sites for hydroxylation is 2. The average Bonchev–Trinajstić information content (AvgIpc) is 3.26. The Kier molecular flexibility index (Phi) is 10.7. The van der Waals surface area contributed by atoms with E-state index in [1.165, 1.54) is 43.2 Å². The van der Waals surface area contributed by atoms with Crippen LogP contribution in [0.15, 0.2) is 49.2 Å². The van der Waals surface area contributed by atoms with Crippen molar-refractivity contribution in [2.75, 3.05) is 13.1 Å². The van der Waals surface area contributed by atoms with E-state index in [0.717, 1.165) is 59.3 Å². The highest BCUT2D eigenvalue weighted by Gasteiger charge is 2.29. The van der Waals surface area contributed by atoms with E-state index < -0.39 is 0 Å². The summed E-state index contributed by atoms with van der Waals surface area (Å²) in [6, 6.07) is 8.71. The fourth-order valence-electron chi connectivity index (χ4n) is 5.22. The minimum Gasteiger partial charge on any atom is -0.384 e. The van der Waals surface area contributed by atoms with Crippen LogP contribution in [0.4, 0.5) is 0 Å². The number of nitrogens with two attached hydrogens (primary N) is 1. The molecule has 0 radical (unpaired) electrons. The summed E-state index contributed by atoms with van der Waals surface area (Å²) in [6.45, 7) is 20.8. The van der Waals surface area contributed by atoms with E-state index in [4.69, 9.17) is 22.4 Å². The Hall–Kier alpha value is -2.50. The van der Waals surface area contributed by atoms with E-state index in [1.807, 2.05) is 30.7 Å². The maximum atomic E-state index is 6.48. The van der Waals surface area contributed by atoms with Crippen LogP contribution in [0.1, 0.15) is 101 Å². The van der Waals surface area contributed by atoms with Gasteiger partial charge in [0.2, 0.25) is 0 Å². The van der Waals surface area contributed by atoms with Gasteiger partial charge in [0.25, 0.3) is 0 Å². The minimum atomic E-state index is -0.301. The van der Waals surface area contributed by atoms with Gasteiger partial charge in [-0.1, -0.05) is 57.0 Å². The third-order valence-electron chi connectivity index (χ3n) is 7.27. The third-order valence-corrected chi connectivity index (χ3v) is 7.50. The highest BCUT2D eigenvalue weighted by atomic mass is 35.5. The van der Waals surface area contributed by atoms with Crippen LogP contribution in [0.2, 0.25) is 5.02 Å². The molecular formula is C32H48ClN5. The molecule has 3 rings (SSSR count). The van der Waals surface area contributed by atoms with Crippen molar-refractivity contribution in [2.45, 2.75) is 97.6 Å². The molecule has 1 fully saturated rings. The Labute approximate surface area is 235 Å². The van der Waals surface area contributed by atoms with E-state index >= 15 is 0 Å². The quantitative estimate of drug-likeness (QED) is 0.201. The van der Waals surface area contributed by atoms with Crippen molar-refractivity contribution in [3.63, 3.8) is 0 Å². The third kappa shape index (κ3) is 8.25. The van der Waals surface area contributed by atoms with Crippen molar-refractivity contribution in [3.8, 4) is 0 Å². The Morgan fingerprint density at radius 2 is 1.97 bits per heavy atom. The molecule has 1 saturated heterocycles. The Balaban J connectivity index is 1.83. The molecule has 1 aliphatic rings. The second kappa shape index (κ2) is 13.5. The van der Waals surface area contributed by atoms with Crippen LogP contribution in [0.25, 0.3) is 11.4 Å². The highest BCUT2D eigenvalue weighted by molar-refractivity contribution is 6.30. The van der Waals surface area contributed by atoms with E-state index in [1.54, 1.807) is 0 Å². The van der Waals surface area contributed by atoms with Crippen molar-refractivity contribution >= 4 is 23.0 Å². The summed E-state index contributed by atoms with van der Waals surface area (Å²) in [5, 5.41) is 9.16. The topological polar surface area (TPSA) is 59.1 Å². The molecule has 0 bridgehead atoms. The van der Waals surface area contributed by atoms with Gasteiger partial charge in [0.15, 0.2) is 0 Å². The molecule has 1 aromatic heterocycles. The first-order valence-electron chi connectivity index (χ1n) is 14.2. The number of hydrogen-bond donors (Lipinski definition) is 2. The van der Waals surface area contributed by atoms with Crippen molar-refractivity contribution in [1.29, 1.82) is 0 Å². The lowest BCUT2D eigenvalue weighted by atomic mass is 9.94. The largest absolute Gasteiger partial charge is 0.384 e. The smallest absolute Gasteiger partial charge is 0.0856 e. The number of allylic oxidation sites excluding steroid dienone is 2. The number of nitrogens with zero attached hydrogens (tertiary/aromatic N) is 3. The van der Waals surface area contributed by atoms with Gasteiger partial charge in [0.1, 0.15) is 0 Å². The zero-order valence-corrected chi connectivity index (χ0v) is 25.0. The standard InChI is InChI=1S/C32H48ClN5/c1-8-9-10-11-14-27-16-17-28(33)21-29(27)26(5)37-18-13-12-15-31(37)30-20-25(4)38(36-30)24(3)19-23(2)35-22-32(6,7)34/h16-17,19-21,31,35H,2,5,8-15,18,22,34H2,1,3-4,6-7H3/b24-19-. The first-order valence-corrected chi connectivity index (χ1v) is 14.6. The van der Waals surface area contributed by atoms with E-state index in [9.17, 15) is 0 Å². The number of aromatic nitrogens is 2. The molecule has 0 saturated carbocycles. The van der Waals surface area contributed by atoms with Gasteiger partial charge >= 0.3 is 0 Å². The maximum Gasteiger partial charge on any atom is 0.0856 e.